The predicted molar refractivity (Wildman–Crippen MR) is 92.5 cm³/mol. The van der Waals surface area contributed by atoms with Crippen molar-refractivity contribution >= 4 is 5.97 Å². The summed E-state index contributed by atoms with van der Waals surface area (Å²) in [6.07, 6.45) is 2.00. The molecular formula is C18H27N3O4. The van der Waals surface area contributed by atoms with Crippen LogP contribution in [0.5, 0.6) is 0 Å². The number of ether oxygens (including phenoxy) is 2. The third-order valence-corrected chi connectivity index (χ3v) is 4.75. The molecule has 0 bridgehead atoms. The van der Waals surface area contributed by atoms with Crippen molar-refractivity contribution in [1.82, 2.24) is 14.8 Å². The molecule has 7 nitrogen and oxygen atoms in total. The second-order valence-corrected chi connectivity index (χ2v) is 6.50. The minimum Gasteiger partial charge on any atom is -0.456 e. The highest BCUT2D eigenvalue weighted by atomic mass is 16.5. The van der Waals surface area contributed by atoms with Crippen LogP contribution in [0.15, 0.2) is 12.1 Å². The lowest BCUT2D eigenvalue weighted by molar-refractivity contribution is 0.0533. The van der Waals surface area contributed by atoms with E-state index in [1.54, 1.807) is 0 Å². The molecule has 25 heavy (non-hydrogen) atoms. The summed E-state index contributed by atoms with van der Waals surface area (Å²) in [5.74, 6) is -0.256. The first-order chi connectivity index (χ1) is 12.3. The Hall–Kier alpha value is -1.54. The Balaban J connectivity index is 1.32. The summed E-state index contributed by atoms with van der Waals surface area (Å²) in [5, 5.41) is 8.69. The van der Waals surface area contributed by atoms with Crippen molar-refractivity contribution in [2.45, 2.75) is 19.4 Å². The van der Waals surface area contributed by atoms with E-state index in [2.05, 4.69) is 14.8 Å². The van der Waals surface area contributed by atoms with E-state index in [1.165, 1.54) is 0 Å². The van der Waals surface area contributed by atoms with Crippen LogP contribution in [0.4, 0.5) is 0 Å². The van der Waals surface area contributed by atoms with Crippen LogP contribution >= 0.6 is 0 Å². The number of carbonyl (C=O) groups excluding carboxylic acids is 1. The number of rotatable bonds is 9. The van der Waals surface area contributed by atoms with E-state index < -0.39 is 0 Å². The molecule has 3 heterocycles. The molecular weight excluding hydrogens is 322 g/mol. The number of hydrogen-bond donors (Lipinski definition) is 1. The van der Waals surface area contributed by atoms with Gasteiger partial charge in [-0.1, -0.05) is 0 Å². The molecule has 0 spiro atoms. The van der Waals surface area contributed by atoms with E-state index >= 15 is 0 Å². The minimum absolute atomic E-state index is 0.0934. The van der Waals surface area contributed by atoms with Crippen LogP contribution in [0.1, 0.15) is 28.2 Å². The van der Waals surface area contributed by atoms with Crippen molar-refractivity contribution in [2.75, 3.05) is 59.1 Å². The van der Waals surface area contributed by atoms with Gasteiger partial charge in [-0.25, -0.2) is 4.79 Å². The number of pyridine rings is 1. The summed E-state index contributed by atoms with van der Waals surface area (Å²) in [6.45, 7) is 7.84. The molecule has 1 aromatic heterocycles. The van der Waals surface area contributed by atoms with Gasteiger partial charge in [0.1, 0.15) is 6.61 Å². The van der Waals surface area contributed by atoms with Crippen molar-refractivity contribution in [3.63, 3.8) is 0 Å². The Morgan fingerprint density at radius 1 is 1.12 bits per heavy atom. The first-order valence-corrected chi connectivity index (χ1v) is 9.05. The maximum atomic E-state index is 11.4. The molecule has 0 aliphatic carbocycles. The largest absolute Gasteiger partial charge is 0.456 e. The number of aryl methyl sites for hydroxylation is 1. The van der Waals surface area contributed by atoms with Crippen molar-refractivity contribution in [3.8, 4) is 0 Å². The van der Waals surface area contributed by atoms with E-state index in [0.717, 1.165) is 63.5 Å². The molecule has 1 aromatic rings. The van der Waals surface area contributed by atoms with Crippen LogP contribution in [-0.2, 0) is 22.5 Å². The molecule has 1 saturated heterocycles. The minimum atomic E-state index is -0.256. The quantitative estimate of drug-likeness (QED) is 0.508. The van der Waals surface area contributed by atoms with Gasteiger partial charge in [-0.05, 0) is 31.5 Å². The van der Waals surface area contributed by atoms with Gasteiger partial charge in [-0.2, -0.15) is 0 Å². The van der Waals surface area contributed by atoms with Gasteiger partial charge in [0.05, 0.1) is 31.1 Å². The SMILES string of the molecule is O=C1OCc2nc(CCCN3CCN(CCOCCO)CC3)ccc21. The summed E-state index contributed by atoms with van der Waals surface area (Å²) in [4.78, 5) is 20.9. The van der Waals surface area contributed by atoms with E-state index in [9.17, 15) is 4.79 Å². The fourth-order valence-corrected chi connectivity index (χ4v) is 3.27. The number of esters is 1. The smallest absolute Gasteiger partial charge is 0.340 e. The highest BCUT2D eigenvalue weighted by Gasteiger charge is 2.22. The molecule has 3 rings (SSSR count). The predicted octanol–water partition coefficient (Wildman–Crippen LogP) is 0.311. The van der Waals surface area contributed by atoms with E-state index in [0.29, 0.717) is 25.4 Å². The standard InChI is InChI=1S/C18H27N3O4/c22-11-13-24-12-10-21-8-6-20(7-9-21)5-1-2-15-3-4-16-17(19-15)14-25-18(16)23/h3-4,22H,1-2,5-14H2. The van der Waals surface area contributed by atoms with Crippen molar-refractivity contribution < 1.29 is 19.4 Å². The Bertz CT molecular complexity index is 573. The zero-order valence-corrected chi connectivity index (χ0v) is 14.7. The second-order valence-electron chi connectivity index (χ2n) is 6.50. The van der Waals surface area contributed by atoms with Gasteiger partial charge in [0, 0.05) is 38.4 Å². The van der Waals surface area contributed by atoms with Crippen LogP contribution in [0.2, 0.25) is 0 Å². The van der Waals surface area contributed by atoms with Gasteiger partial charge in [0.2, 0.25) is 0 Å². The zero-order valence-electron chi connectivity index (χ0n) is 14.7. The Morgan fingerprint density at radius 3 is 2.64 bits per heavy atom. The second kappa shape index (κ2) is 9.24. The van der Waals surface area contributed by atoms with Gasteiger partial charge in [0.15, 0.2) is 0 Å². The number of aromatic nitrogens is 1. The summed E-state index contributed by atoms with van der Waals surface area (Å²) in [7, 11) is 0. The highest BCUT2D eigenvalue weighted by molar-refractivity contribution is 5.92. The van der Waals surface area contributed by atoms with Crippen LogP contribution < -0.4 is 0 Å². The van der Waals surface area contributed by atoms with Crippen LogP contribution in [0.25, 0.3) is 0 Å². The number of cyclic esters (lactones) is 1. The van der Waals surface area contributed by atoms with Gasteiger partial charge >= 0.3 is 5.97 Å². The highest BCUT2D eigenvalue weighted by Crippen LogP contribution is 2.18. The molecule has 0 unspecified atom stereocenters. The molecule has 7 heteroatoms. The van der Waals surface area contributed by atoms with Crippen LogP contribution in [-0.4, -0.2) is 84.9 Å². The molecule has 2 aliphatic heterocycles. The molecule has 0 amide bonds. The Morgan fingerprint density at radius 2 is 1.88 bits per heavy atom. The van der Waals surface area contributed by atoms with Gasteiger partial charge in [-0.15, -0.1) is 0 Å². The average molecular weight is 349 g/mol. The molecule has 138 valence electrons. The fourth-order valence-electron chi connectivity index (χ4n) is 3.27. The number of hydrogen-bond acceptors (Lipinski definition) is 7. The summed E-state index contributed by atoms with van der Waals surface area (Å²) < 4.78 is 10.3. The number of carbonyl (C=O) groups is 1. The molecule has 1 fully saturated rings. The van der Waals surface area contributed by atoms with E-state index in [1.807, 2.05) is 12.1 Å². The molecule has 0 atom stereocenters. The summed E-state index contributed by atoms with van der Waals surface area (Å²) in [6, 6.07) is 3.78. The van der Waals surface area contributed by atoms with Gasteiger partial charge in [-0.3, -0.25) is 9.88 Å². The lowest BCUT2D eigenvalue weighted by Gasteiger charge is -2.34. The lowest BCUT2D eigenvalue weighted by Crippen LogP contribution is -2.47. The molecule has 0 aromatic carbocycles. The maximum absolute atomic E-state index is 11.4. The molecule has 1 N–H and O–H groups in total. The topological polar surface area (TPSA) is 75.1 Å². The lowest BCUT2D eigenvalue weighted by atomic mass is 10.1. The summed E-state index contributed by atoms with van der Waals surface area (Å²) >= 11 is 0. The number of fused-ring (bicyclic) bond motifs is 1. The first-order valence-electron chi connectivity index (χ1n) is 9.05. The number of aliphatic hydroxyl groups excluding tert-OH is 1. The van der Waals surface area contributed by atoms with Crippen molar-refractivity contribution in [1.29, 1.82) is 0 Å². The Kier molecular flexibility index (Phi) is 6.75. The van der Waals surface area contributed by atoms with E-state index in [4.69, 9.17) is 14.6 Å². The third-order valence-electron chi connectivity index (χ3n) is 4.75. The van der Waals surface area contributed by atoms with Crippen LogP contribution in [0.3, 0.4) is 0 Å². The first kappa shape index (κ1) is 18.3. The van der Waals surface area contributed by atoms with Gasteiger partial charge < -0.3 is 19.5 Å². The normalized spacial score (nSPS) is 18.4. The third kappa shape index (κ3) is 5.22. The monoisotopic (exact) mass is 349 g/mol. The van der Waals surface area contributed by atoms with E-state index in [-0.39, 0.29) is 12.6 Å². The number of nitrogens with zero attached hydrogens (tertiary/aromatic N) is 3. The fraction of sp³-hybridized carbons (Fsp3) is 0.667. The average Bonchev–Trinajstić information content (AvgIpc) is 3.00. The molecule has 2 aliphatic rings. The number of piperazine rings is 1. The van der Waals surface area contributed by atoms with Crippen LogP contribution in [0, 0.1) is 0 Å². The van der Waals surface area contributed by atoms with Crippen molar-refractivity contribution in [2.24, 2.45) is 0 Å². The molecule has 0 radical (unpaired) electrons. The van der Waals surface area contributed by atoms with Gasteiger partial charge in [0.25, 0.3) is 0 Å². The zero-order chi connectivity index (χ0) is 17.5. The molecule has 0 saturated carbocycles. The maximum Gasteiger partial charge on any atom is 0.340 e. The summed E-state index contributed by atoms with van der Waals surface area (Å²) in [5.41, 5.74) is 2.43. The Labute approximate surface area is 148 Å². The van der Waals surface area contributed by atoms with Crippen molar-refractivity contribution in [3.05, 3.63) is 29.1 Å². The number of aliphatic hydroxyl groups is 1.